The summed E-state index contributed by atoms with van der Waals surface area (Å²) < 4.78 is 4.80. The fraction of sp³-hybridized carbons (Fsp3) is 0.750. The molecule has 0 fully saturated rings. The third-order valence-corrected chi connectivity index (χ3v) is 1.40. The van der Waals surface area contributed by atoms with Gasteiger partial charge in [-0.2, -0.15) is 5.26 Å². The van der Waals surface area contributed by atoms with Crippen molar-refractivity contribution in [1.29, 1.82) is 5.26 Å². The van der Waals surface area contributed by atoms with Gasteiger partial charge in [0.05, 0.1) is 12.7 Å². The normalized spacial score (nSPS) is 11.8. The molecule has 4 nitrogen and oxygen atoms in total. The van der Waals surface area contributed by atoms with Gasteiger partial charge < -0.3 is 4.74 Å². The molecule has 0 aromatic carbocycles. The van der Waals surface area contributed by atoms with E-state index >= 15 is 0 Å². The number of unbranched alkanes of at least 4 members (excludes halogenated alkanes) is 1. The van der Waals surface area contributed by atoms with Crippen molar-refractivity contribution in [2.75, 3.05) is 13.7 Å². The molecule has 1 atom stereocenters. The second kappa shape index (κ2) is 6.62. The summed E-state index contributed by atoms with van der Waals surface area (Å²) in [4.78, 5) is 11.0. The van der Waals surface area contributed by atoms with E-state index in [0.717, 1.165) is 12.8 Å². The van der Waals surface area contributed by atoms with Gasteiger partial charge in [0.1, 0.15) is 0 Å². The van der Waals surface area contributed by atoms with E-state index in [-0.39, 0.29) is 0 Å². The molecule has 0 aliphatic rings. The molecule has 0 rings (SSSR count). The van der Waals surface area contributed by atoms with Gasteiger partial charge in [-0.3, -0.25) is 5.32 Å². The lowest BCUT2D eigenvalue weighted by atomic mass is 10.3. The number of esters is 1. The largest absolute Gasteiger partial charge is 0.464 e. The summed E-state index contributed by atoms with van der Waals surface area (Å²) in [6, 6.07) is 0.961. The molecule has 0 amide bonds. The maximum atomic E-state index is 11.0. The minimum Gasteiger partial charge on any atom is -0.464 e. The highest BCUT2D eigenvalue weighted by molar-refractivity contribution is 5.78. The highest BCUT2D eigenvalue weighted by atomic mass is 16.5. The fourth-order valence-corrected chi connectivity index (χ4v) is 0.636. The second-order valence-electron chi connectivity index (χ2n) is 2.37. The molecule has 0 heterocycles. The predicted molar refractivity (Wildman–Crippen MR) is 44.3 cm³/mol. The number of rotatable bonds is 5. The number of hydrogen-bond acceptors (Lipinski definition) is 4. The van der Waals surface area contributed by atoms with Crippen molar-refractivity contribution in [3.8, 4) is 6.07 Å². The highest BCUT2D eigenvalue weighted by Crippen LogP contribution is 1.91. The summed E-state index contributed by atoms with van der Waals surface area (Å²) in [5, 5.41) is 11.0. The Morgan fingerprint density at radius 2 is 2.42 bits per heavy atom. The third-order valence-electron chi connectivity index (χ3n) is 1.40. The Morgan fingerprint density at radius 1 is 1.75 bits per heavy atom. The number of nitrogens with zero attached hydrogens (tertiary/aromatic N) is 1. The van der Waals surface area contributed by atoms with Crippen LogP contribution in [0.15, 0.2) is 0 Å². The minimum atomic E-state index is -0.832. The summed E-state index contributed by atoms with van der Waals surface area (Å²) in [6.07, 6.45) is 1.82. The number of hydrogen-bond donors (Lipinski definition) is 1. The van der Waals surface area contributed by atoms with Crippen LogP contribution in [0.4, 0.5) is 0 Å². The summed E-state index contributed by atoms with van der Waals surface area (Å²) in [7, 11) is 1.55. The van der Waals surface area contributed by atoms with Gasteiger partial charge in [-0.15, -0.1) is 0 Å². The molecule has 0 aliphatic carbocycles. The first-order chi connectivity index (χ1) is 5.76. The van der Waals surface area contributed by atoms with E-state index in [2.05, 4.69) is 5.32 Å². The first-order valence-electron chi connectivity index (χ1n) is 3.99. The van der Waals surface area contributed by atoms with E-state index in [4.69, 9.17) is 10.00 Å². The Balaban J connectivity index is 3.64. The van der Waals surface area contributed by atoms with Gasteiger partial charge >= 0.3 is 5.97 Å². The smallest absolute Gasteiger partial charge is 0.337 e. The van der Waals surface area contributed by atoms with Crippen LogP contribution in [0.1, 0.15) is 19.8 Å². The topological polar surface area (TPSA) is 62.1 Å². The third kappa shape index (κ3) is 3.94. The van der Waals surface area contributed by atoms with Crippen molar-refractivity contribution in [3.63, 3.8) is 0 Å². The van der Waals surface area contributed by atoms with Crippen molar-refractivity contribution in [1.82, 2.24) is 5.32 Å². The monoisotopic (exact) mass is 170 g/mol. The number of nitrogens with one attached hydrogen (secondary N) is 1. The molecule has 0 radical (unpaired) electrons. The van der Waals surface area contributed by atoms with Gasteiger partial charge in [0.25, 0.3) is 0 Å². The average molecular weight is 170 g/mol. The Kier molecular flexibility index (Phi) is 6.02. The van der Waals surface area contributed by atoms with Crippen LogP contribution in [-0.4, -0.2) is 25.7 Å². The highest BCUT2D eigenvalue weighted by Gasteiger charge is 2.15. The molecule has 1 N–H and O–H groups in total. The maximum absolute atomic E-state index is 11.0. The zero-order chi connectivity index (χ0) is 9.40. The van der Waals surface area contributed by atoms with Crippen LogP contribution >= 0.6 is 0 Å². The van der Waals surface area contributed by atoms with Gasteiger partial charge in [0.15, 0.2) is 6.04 Å². The number of nitriles is 1. The van der Waals surface area contributed by atoms with E-state index in [1.54, 1.807) is 13.1 Å². The fourth-order valence-electron chi connectivity index (χ4n) is 0.636. The zero-order valence-electron chi connectivity index (χ0n) is 7.46. The van der Waals surface area contributed by atoms with Crippen LogP contribution in [0, 0.1) is 11.3 Å². The second-order valence-corrected chi connectivity index (χ2v) is 2.37. The van der Waals surface area contributed by atoms with Gasteiger partial charge in [-0.05, 0) is 13.5 Å². The number of likely N-dealkylation sites (N-methyl/N-ethyl adjacent to an activating group) is 1. The lowest BCUT2D eigenvalue weighted by Gasteiger charge is -2.07. The predicted octanol–water partition coefficient (Wildman–Crippen LogP) is 0.441. The van der Waals surface area contributed by atoms with Crippen LogP contribution < -0.4 is 5.32 Å². The van der Waals surface area contributed by atoms with Crippen molar-refractivity contribution >= 4 is 5.97 Å². The number of carbonyl (C=O) groups excluding carboxylic acids is 1. The summed E-state index contributed by atoms with van der Waals surface area (Å²) in [5.41, 5.74) is 0. The van der Waals surface area contributed by atoms with E-state index in [1.165, 1.54) is 0 Å². The Morgan fingerprint density at radius 3 is 2.83 bits per heavy atom. The van der Waals surface area contributed by atoms with Gasteiger partial charge in [0, 0.05) is 0 Å². The van der Waals surface area contributed by atoms with Crippen LogP contribution in [-0.2, 0) is 9.53 Å². The molecule has 0 aromatic rings. The molecule has 1 unspecified atom stereocenters. The van der Waals surface area contributed by atoms with Crippen LogP contribution in [0.2, 0.25) is 0 Å². The lowest BCUT2D eigenvalue weighted by molar-refractivity contribution is -0.144. The Bertz CT molecular complexity index is 174. The molecule has 0 aliphatic heterocycles. The van der Waals surface area contributed by atoms with E-state index in [0.29, 0.717) is 6.61 Å². The molecular weight excluding hydrogens is 156 g/mol. The number of carbonyl (C=O) groups is 1. The molecule has 0 saturated carbocycles. The van der Waals surface area contributed by atoms with Crippen molar-refractivity contribution in [3.05, 3.63) is 0 Å². The average Bonchev–Trinajstić information content (AvgIpc) is 2.07. The first kappa shape index (κ1) is 10.9. The molecule has 12 heavy (non-hydrogen) atoms. The molecule has 68 valence electrons. The Labute approximate surface area is 72.5 Å². The molecule has 0 bridgehead atoms. The van der Waals surface area contributed by atoms with E-state index < -0.39 is 12.0 Å². The van der Waals surface area contributed by atoms with Crippen LogP contribution in [0.5, 0.6) is 0 Å². The SMILES string of the molecule is CCCCOC(=O)C(C#N)NC. The minimum absolute atomic E-state index is 0.398. The molecule has 4 heteroatoms. The molecule has 0 aromatic heterocycles. The molecule has 0 saturated heterocycles. The van der Waals surface area contributed by atoms with Crippen LogP contribution in [0.3, 0.4) is 0 Å². The van der Waals surface area contributed by atoms with E-state index in [1.807, 2.05) is 6.92 Å². The first-order valence-corrected chi connectivity index (χ1v) is 3.99. The zero-order valence-corrected chi connectivity index (χ0v) is 7.46. The van der Waals surface area contributed by atoms with Crippen LogP contribution in [0.25, 0.3) is 0 Å². The van der Waals surface area contributed by atoms with Gasteiger partial charge in [-0.25, -0.2) is 4.79 Å². The van der Waals surface area contributed by atoms with E-state index in [9.17, 15) is 4.79 Å². The van der Waals surface area contributed by atoms with Crippen molar-refractivity contribution in [2.24, 2.45) is 0 Å². The number of ether oxygens (including phenoxy) is 1. The van der Waals surface area contributed by atoms with Crippen molar-refractivity contribution in [2.45, 2.75) is 25.8 Å². The standard InChI is InChI=1S/C8H14N2O2/c1-3-4-5-12-8(11)7(6-9)10-2/h7,10H,3-5H2,1-2H3. The summed E-state index contributed by atoms with van der Waals surface area (Å²) >= 11 is 0. The Hall–Kier alpha value is -1.08. The molecular formula is C8H14N2O2. The summed E-state index contributed by atoms with van der Waals surface area (Å²) in [5.74, 6) is -0.492. The molecule has 0 spiro atoms. The van der Waals surface area contributed by atoms with Gasteiger partial charge in [-0.1, -0.05) is 13.3 Å². The quantitative estimate of drug-likeness (QED) is 0.480. The van der Waals surface area contributed by atoms with Gasteiger partial charge in [0.2, 0.25) is 0 Å². The van der Waals surface area contributed by atoms with Crippen molar-refractivity contribution < 1.29 is 9.53 Å². The maximum Gasteiger partial charge on any atom is 0.337 e. The summed E-state index contributed by atoms with van der Waals surface area (Å²) in [6.45, 7) is 2.41. The lowest BCUT2D eigenvalue weighted by Crippen LogP contribution is -2.34.